The Bertz CT molecular complexity index is 408. The molecule has 0 radical (unpaired) electrons. The van der Waals surface area contributed by atoms with E-state index in [-0.39, 0.29) is 5.91 Å². The highest BCUT2D eigenvalue weighted by molar-refractivity contribution is 9.11. The molecule has 2 rings (SSSR count). The molecule has 1 saturated heterocycles. The van der Waals surface area contributed by atoms with E-state index in [4.69, 9.17) is 0 Å². The zero-order valence-electron chi connectivity index (χ0n) is 10.3. The van der Waals surface area contributed by atoms with Gasteiger partial charge in [0.25, 0.3) is 5.91 Å². The van der Waals surface area contributed by atoms with Gasteiger partial charge in [0.1, 0.15) is 0 Å². The number of carbonyl (C=O) groups excluding carboxylic acids is 1. The summed E-state index contributed by atoms with van der Waals surface area (Å²) in [4.78, 5) is 16.6. The number of thiophene rings is 1. The average molecular weight is 317 g/mol. The molecule has 2 atom stereocenters. The SMILES string of the molecule is CC1CN(C(=O)c2csc(Br)c2)CC(C)N1C. The number of rotatable bonds is 1. The van der Waals surface area contributed by atoms with Crippen LogP contribution in [0.5, 0.6) is 0 Å². The quantitative estimate of drug-likeness (QED) is 0.795. The monoisotopic (exact) mass is 316 g/mol. The van der Waals surface area contributed by atoms with Gasteiger partial charge in [-0.2, -0.15) is 0 Å². The molecule has 1 fully saturated rings. The van der Waals surface area contributed by atoms with E-state index in [1.165, 1.54) is 0 Å². The van der Waals surface area contributed by atoms with E-state index in [1.54, 1.807) is 11.3 Å². The molecule has 0 aliphatic carbocycles. The Balaban J connectivity index is 2.11. The Morgan fingerprint density at radius 3 is 2.47 bits per heavy atom. The second-order valence-electron chi connectivity index (χ2n) is 4.71. The fraction of sp³-hybridized carbons (Fsp3) is 0.583. The molecule has 0 N–H and O–H groups in total. The summed E-state index contributed by atoms with van der Waals surface area (Å²) in [5, 5.41) is 1.92. The lowest BCUT2D eigenvalue weighted by molar-refractivity contribution is 0.0414. The topological polar surface area (TPSA) is 23.6 Å². The molecule has 0 spiro atoms. The maximum absolute atomic E-state index is 12.3. The number of halogens is 1. The maximum Gasteiger partial charge on any atom is 0.254 e. The smallest absolute Gasteiger partial charge is 0.254 e. The van der Waals surface area contributed by atoms with Crippen molar-refractivity contribution in [2.75, 3.05) is 20.1 Å². The number of carbonyl (C=O) groups is 1. The van der Waals surface area contributed by atoms with Crippen LogP contribution in [-0.2, 0) is 0 Å². The van der Waals surface area contributed by atoms with Crippen LogP contribution in [0.2, 0.25) is 0 Å². The van der Waals surface area contributed by atoms with Crippen molar-refractivity contribution >= 4 is 33.2 Å². The van der Waals surface area contributed by atoms with Gasteiger partial charge in [0, 0.05) is 30.6 Å². The Morgan fingerprint density at radius 1 is 1.41 bits per heavy atom. The lowest BCUT2D eigenvalue weighted by Crippen LogP contribution is -2.56. The molecule has 1 aliphatic heterocycles. The van der Waals surface area contributed by atoms with Crippen molar-refractivity contribution in [1.29, 1.82) is 0 Å². The summed E-state index contributed by atoms with van der Waals surface area (Å²) in [5.41, 5.74) is 0.797. The van der Waals surface area contributed by atoms with Crippen LogP contribution in [-0.4, -0.2) is 47.9 Å². The first kappa shape index (κ1) is 13.1. The number of hydrogen-bond acceptors (Lipinski definition) is 3. The van der Waals surface area contributed by atoms with E-state index >= 15 is 0 Å². The molecule has 1 amide bonds. The van der Waals surface area contributed by atoms with E-state index in [1.807, 2.05) is 16.3 Å². The van der Waals surface area contributed by atoms with Gasteiger partial charge in [0.05, 0.1) is 9.35 Å². The first-order chi connectivity index (χ1) is 7.99. The van der Waals surface area contributed by atoms with Crippen LogP contribution in [0, 0.1) is 0 Å². The molecule has 17 heavy (non-hydrogen) atoms. The molecule has 2 unspecified atom stereocenters. The van der Waals surface area contributed by atoms with Gasteiger partial charge in [-0.25, -0.2) is 0 Å². The summed E-state index contributed by atoms with van der Waals surface area (Å²) in [5.74, 6) is 0.152. The van der Waals surface area contributed by atoms with E-state index < -0.39 is 0 Å². The first-order valence-electron chi connectivity index (χ1n) is 5.74. The summed E-state index contributed by atoms with van der Waals surface area (Å²) in [6, 6.07) is 2.75. The second-order valence-corrected chi connectivity index (χ2v) is 7.00. The highest BCUT2D eigenvalue weighted by Crippen LogP contribution is 2.23. The minimum atomic E-state index is 0.152. The Kier molecular flexibility index (Phi) is 3.90. The fourth-order valence-electron chi connectivity index (χ4n) is 2.18. The minimum Gasteiger partial charge on any atom is -0.336 e. The molecular formula is C12H17BrN2OS. The van der Waals surface area contributed by atoms with Crippen molar-refractivity contribution in [3.63, 3.8) is 0 Å². The normalized spacial score (nSPS) is 26.2. The standard InChI is InChI=1S/C12H17BrN2OS/c1-8-5-15(6-9(2)14(8)3)12(16)10-4-11(13)17-7-10/h4,7-9H,5-6H2,1-3H3. The van der Waals surface area contributed by atoms with Crippen LogP contribution >= 0.6 is 27.3 Å². The third-order valence-corrected chi connectivity index (χ3v) is 4.97. The van der Waals surface area contributed by atoms with Crippen molar-refractivity contribution < 1.29 is 4.79 Å². The number of nitrogens with zero attached hydrogens (tertiary/aromatic N) is 2. The highest BCUT2D eigenvalue weighted by Gasteiger charge is 2.29. The van der Waals surface area contributed by atoms with E-state index in [9.17, 15) is 4.79 Å². The fourth-order valence-corrected chi connectivity index (χ4v) is 3.31. The van der Waals surface area contributed by atoms with Gasteiger partial charge in [-0.1, -0.05) is 0 Å². The predicted molar refractivity (Wildman–Crippen MR) is 74.6 cm³/mol. The van der Waals surface area contributed by atoms with Crippen molar-refractivity contribution in [2.24, 2.45) is 0 Å². The van der Waals surface area contributed by atoms with E-state index in [2.05, 4.69) is 41.7 Å². The Labute approximate surface area is 115 Å². The molecule has 0 saturated carbocycles. The molecule has 1 aliphatic rings. The molecular weight excluding hydrogens is 300 g/mol. The average Bonchev–Trinajstić information content (AvgIpc) is 2.71. The lowest BCUT2D eigenvalue weighted by atomic mass is 10.1. The maximum atomic E-state index is 12.3. The second kappa shape index (κ2) is 5.08. The van der Waals surface area contributed by atoms with Gasteiger partial charge in [-0.3, -0.25) is 9.69 Å². The molecule has 0 aromatic carbocycles. The van der Waals surface area contributed by atoms with Gasteiger partial charge >= 0.3 is 0 Å². The van der Waals surface area contributed by atoms with E-state index in [0.717, 1.165) is 22.4 Å². The minimum absolute atomic E-state index is 0.152. The van der Waals surface area contributed by atoms with Crippen molar-refractivity contribution in [3.05, 3.63) is 20.8 Å². The van der Waals surface area contributed by atoms with Crippen molar-refractivity contribution in [3.8, 4) is 0 Å². The Hall–Kier alpha value is -0.390. The summed E-state index contributed by atoms with van der Waals surface area (Å²) in [6.45, 7) is 5.96. The van der Waals surface area contributed by atoms with Gasteiger partial charge in [-0.15, -0.1) is 11.3 Å². The van der Waals surface area contributed by atoms with Gasteiger partial charge in [0.15, 0.2) is 0 Å². The molecule has 1 aromatic heterocycles. The molecule has 1 aromatic rings. The van der Waals surface area contributed by atoms with Crippen molar-refractivity contribution in [1.82, 2.24) is 9.80 Å². The number of hydrogen-bond donors (Lipinski definition) is 0. The molecule has 3 nitrogen and oxygen atoms in total. The molecule has 94 valence electrons. The Morgan fingerprint density at radius 2 is 2.00 bits per heavy atom. The first-order valence-corrected chi connectivity index (χ1v) is 7.41. The largest absolute Gasteiger partial charge is 0.336 e. The number of piperazine rings is 1. The van der Waals surface area contributed by atoms with Gasteiger partial charge < -0.3 is 4.90 Å². The summed E-state index contributed by atoms with van der Waals surface area (Å²) in [6.07, 6.45) is 0. The molecule has 2 heterocycles. The summed E-state index contributed by atoms with van der Waals surface area (Å²) >= 11 is 4.95. The highest BCUT2D eigenvalue weighted by atomic mass is 79.9. The van der Waals surface area contributed by atoms with Crippen LogP contribution in [0.4, 0.5) is 0 Å². The van der Waals surface area contributed by atoms with Crippen LogP contribution in [0.3, 0.4) is 0 Å². The number of amides is 1. The van der Waals surface area contributed by atoms with Crippen LogP contribution in [0.25, 0.3) is 0 Å². The third kappa shape index (κ3) is 2.72. The summed E-state index contributed by atoms with van der Waals surface area (Å²) < 4.78 is 1.01. The summed E-state index contributed by atoms with van der Waals surface area (Å²) in [7, 11) is 2.12. The van der Waals surface area contributed by atoms with Crippen LogP contribution < -0.4 is 0 Å². The van der Waals surface area contributed by atoms with Crippen LogP contribution in [0.15, 0.2) is 15.2 Å². The van der Waals surface area contributed by atoms with Gasteiger partial charge in [-0.05, 0) is 42.9 Å². The lowest BCUT2D eigenvalue weighted by Gasteiger charge is -2.42. The van der Waals surface area contributed by atoms with Gasteiger partial charge in [0.2, 0.25) is 0 Å². The van der Waals surface area contributed by atoms with Crippen molar-refractivity contribution in [2.45, 2.75) is 25.9 Å². The van der Waals surface area contributed by atoms with Crippen LogP contribution in [0.1, 0.15) is 24.2 Å². The predicted octanol–water partition coefficient (Wildman–Crippen LogP) is 2.68. The zero-order chi connectivity index (χ0) is 12.6. The van der Waals surface area contributed by atoms with E-state index in [0.29, 0.717) is 12.1 Å². The third-order valence-electron chi connectivity index (χ3n) is 3.46. The molecule has 5 heteroatoms. The molecule has 0 bridgehead atoms. The number of likely N-dealkylation sites (N-methyl/N-ethyl adjacent to an activating group) is 1. The zero-order valence-corrected chi connectivity index (χ0v) is 12.7.